The van der Waals surface area contributed by atoms with Gasteiger partial charge in [0, 0.05) is 13.1 Å². The molecule has 1 saturated carbocycles. The number of carbonyl (C=O) groups is 1. The highest BCUT2D eigenvalue weighted by atomic mass is 32.1. The van der Waals surface area contributed by atoms with E-state index >= 15 is 0 Å². The number of nitrogens with zero attached hydrogens (tertiary/aromatic N) is 1. The standard InChI is InChI=1S/C13H22N4OS/c1-3-15-13-17-11(14)10(19-13)12(18)16-7-9-6-4-5-8(9)2/h8-9H,3-7,14H2,1-2H3,(H,15,17)(H,16,18). The molecule has 1 aromatic rings. The molecule has 4 N–H and O–H groups in total. The fourth-order valence-electron chi connectivity index (χ4n) is 2.55. The summed E-state index contributed by atoms with van der Waals surface area (Å²) < 4.78 is 0. The third-order valence-electron chi connectivity index (χ3n) is 3.75. The van der Waals surface area contributed by atoms with E-state index in [9.17, 15) is 4.79 Å². The van der Waals surface area contributed by atoms with E-state index < -0.39 is 0 Å². The lowest BCUT2D eigenvalue weighted by molar-refractivity contribution is 0.0949. The Morgan fingerprint density at radius 1 is 1.53 bits per heavy atom. The monoisotopic (exact) mass is 282 g/mol. The van der Waals surface area contributed by atoms with Crippen LogP contribution in [-0.4, -0.2) is 24.0 Å². The van der Waals surface area contributed by atoms with Crippen molar-refractivity contribution in [2.45, 2.75) is 33.1 Å². The topological polar surface area (TPSA) is 80.0 Å². The molecule has 5 nitrogen and oxygen atoms in total. The number of amides is 1. The number of thiazole rings is 1. The van der Waals surface area contributed by atoms with E-state index in [1.807, 2.05) is 6.92 Å². The molecule has 0 spiro atoms. The van der Waals surface area contributed by atoms with Crippen LogP contribution in [0.4, 0.5) is 10.9 Å². The van der Waals surface area contributed by atoms with Crippen LogP contribution in [0.25, 0.3) is 0 Å². The van der Waals surface area contributed by atoms with Gasteiger partial charge in [-0.1, -0.05) is 31.1 Å². The Balaban J connectivity index is 1.92. The van der Waals surface area contributed by atoms with Gasteiger partial charge in [-0.05, 0) is 25.2 Å². The van der Waals surface area contributed by atoms with Gasteiger partial charge in [-0.15, -0.1) is 0 Å². The third-order valence-corrected chi connectivity index (χ3v) is 4.78. The van der Waals surface area contributed by atoms with Crippen LogP contribution in [-0.2, 0) is 0 Å². The molecule has 0 aliphatic heterocycles. The van der Waals surface area contributed by atoms with Crippen LogP contribution in [0, 0.1) is 11.8 Å². The summed E-state index contributed by atoms with van der Waals surface area (Å²) in [6.07, 6.45) is 3.75. The van der Waals surface area contributed by atoms with Crippen molar-refractivity contribution < 1.29 is 4.79 Å². The van der Waals surface area contributed by atoms with E-state index in [0.29, 0.717) is 27.7 Å². The van der Waals surface area contributed by atoms with E-state index in [1.54, 1.807) is 0 Å². The quantitative estimate of drug-likeness (QED) is 0.774. The molecule has 1 heterocycles. The van der Waals surface area contributed by atoms with Crippen molar-refractivity contribution >= 4 is 28.2 Å². The molecule has 1 fully saturated rings. The Hall–Kier alpha value is -1.30. The van der Waals surface area contributed by atoms with Gasteiger partial charge in [0.15, 0.2) is 5.13 Å². The first-order valence-electron chi connectivity index (χ1n) is 6.90. The summed E-state index contributed by atoms with van der Waals surface area (Å²) in [6, 6.07) is 0. The van der Waals surface area contributed by atoms with E-state index in [0.717, 1.165) is 13.1 Å². The molecule has 1 aliphatic rings. The van der Waals surface area contributed by atoms with Crippen LogP contribution in [0.2, 0.25) is 0 Å². The molecule has 0 aromatic carbocycles. The Morgan fingerprint density at radius 3 is 2.95 bits per heavy atom. The Kier molecular flexibility index (Phi) is 4.63. The maximum absolute atomic E-state index is 12.1. The fraction of sp³-hybridized carbons (Fsp3) is 0.692. The number of aromatic nitrogens is 1. The van der Waals surface area contributed by atoms with Crippen molar-refractivity contribution in [1.82, 2.24) is 10.3 Å². The number of rotatable bonds is 5. The van der Waals surface area contributed by atoms with Crippen LogP contribution >= 0.6 is 11.3 Å². The number of carbonyl (C=O) groups excluding carboxylic acids is 1. The molecule has 106 valence electrons. The lowest BCUT2D eigenvalue weighted by Gasteiger charge is -2.15. The Bertz CT molecular complexity index is 446. The molecule has 19 heavy (non-hydrogen) atoms. The molecular weight excluding hydrogens is 260 g/mol. The zero-order valence-corrected chi connectivity index (χ0v) is 12.3. The van der Waals surface area contributed by atoms with Crippen LogP contribution < -0.4 is 16.4 Å². The lowest BCUT2D eigenvalue weighted by Crippen LogP contribution is -2.30. The van der Waals surface area contributed by atoms with Crippen molar-refractivity contribution in [1.29, 1.82) is 0 Å². The van der Waals surface area contributed by atoms with E-state index in [2.05, 4.69) is 22.5 Å². The molecule has 0 bridgehead atoms. The smallest absolute Gasteiger partial charge is 0.265 e. The molecule has 1 aliphatic carbocycles. The van der Waals surface area contributed by atoms with Gasteiger partial charge in [0.05, 0.1) is 0 Å². The maximum Gasteiger partial charge on any atom is 0.265 e. The van der Waals surface area contributed by atoms with E-state index in [1.165, 1.54) is 30.6 Å². The predicted octanol–water partition coefficient (Wildman–Crippen LogP) is 2.32. The van der Waals surface area contributed by atoms with Crippen LogP contribution in [0.1, 0.15) is 42.8 Å². The highest BCUT2D eigenvalue weighted by molar-refractivity contribution is 7.18. The van der Waals surface area contributed by atoms with Gasteiger partial charge in [-0.2, -0.15) is 0 Å². The summed E-state index contributed by atoms with van der Waals surface area (Å²) in [5.74, 6) is 1.53. The summed E-state index contributed by atoms with van der Waals surface area (Å²) in [5.41, 5.74) is 5.78. The first kappa shape index (κ1) is 14.1. The third kappa shape index (κ3) is 3.37. The van der Waals surface area contributed by atoms with Crippen LogP contribution in [0.15, 0.2) is 0 Å². The average Bonchev–Trinajstić information content (AvgIpc) is 2.93. The van der Waals surface area contributed by atoms with Gasteiger partial charge in [-0.3, -0.25) is 4.79 Å². The summed E-state index contributed by atoms with van der Waals surface area (Å²) in [7, 11) is 0. The minimum atomic E-state index is -0.0988. The van der Waals surface area contributed by atoms with Gasteiger partial charge >= 0.3 is 0 Å². The van der Waals surface area contributed by atoms with Crippen molar-refractivity contribution in [2.75, 3.05) is 24.1 Å². The van der Waals surface area contributed by atoms with E-state index in [4.69, 9.17) is 5.73 Å². The lowest BCUT2D eigenvalue weighted by atomic mass is 9.98. The van der Waals surface area contributed by atoms with Crippen LogP contribution in [0.5, 0.6) is 0 Å². The predicted molar refractivity (Wildman–Crippen MR) is 79.5 cm³/mol. The molecule has 1 aromatic heterocycles. The van der Waals surface area contributed by atoms with Crippen molar-refractivity contribution in [2.24, 2.45) is 11.8 Å². The van der Waals surface area contributed by atoms with Gasteiger partial charge in [-0.25, -0.2) is 4.98 Å². The molecule has 6 heteroatoms. The Labute approximate surface area is 118 Å². The zero-order chi connectivity index (χ0) is 13.8. The molecule has 2 unspecified atom stereocenters. The summed E-state index contributed by atoms with van der Waals surface area (Å²) in [4.78, 5) is 16.8. The van der Waals surface area contributed by atoms with Crippen LogP contribution in [0.3, 0.4) is 0 Å². The molecule has 0 radical (unpaired) electrons. The number of hydrogen-bond donors (Lipinski definition) is 3. The van der Waals surface area contributed by atoms with Gasteiger partial charge in [0.25, 0.3) is 5.91 Å². The number of nitrogen functional groups attached to an aromatic ring is 1. The average molecular weight is 282 g/mol. The molecular formula is C13H22N4OS. The summed E-state index contributed by atoms with van der Waals surface area (Å²) >= 11 is 1.32. The van der Waals surface area contributed by atoms with Crippen molar-refractivity contribution in [3.05, 3.63) is 4.88 Å². The molecule has 2 rings (SSSR count). The second-order valence-corrected chi connectivity index (χ2v) is 6.14. The van der Waals surface area contributed by atoms with Crippen molar-refractivity contribution in [3.8, 4) is 0 Å². The number of hydrogen-bond acceptors (Lipinski definition) is 5. The van der Waals surface area contributed by atoms with E-state index in [-0.39, 0.29) is 5.91 Å². The minimum Gasteiger partial charge on any atom is -0.382 e. The van der Waals surface area contributed by atoms with Gasteiger partial charge < -0.3 is 16.4 Å². The second kappa shape index (κ2) is 6.23. The highest BCUT2D eigenvalue weighted by Gasteiger charge is 2.24. The fourth-order valence-corrected chi connectivity index (χ4v) is 3.42. The summed E-state index contributed by atoms with van der Waals surface area (Å²) in [6.45, 7) is 5.76. The minimum absolute atomic E-state index is 0.0988. The van der Waals surface area contributed by atoms with Crippen molar-refractivity contribution in [3.63, 3.8) is 0 Å². The molecule has 1 amide bonds. The first-order chi connectivity index (χ1) is 9.11. The normalized spacial score (nSPS) is 22.4. The largest absolute Gasteiger partial charge is 0.382 e. The molecule has 0 saturated heterocycles. The van der Waals surface area contributed by atoms with Gasteiger partial charge in [0.2, 0.25) is 0 Å². The second-order valence-electron chi connectivity index (χ2n) is 5.14. The Morgan fingerprint density at radius 2 is 2.32 bits per heavy atom. The SMILES string of the molecule is CCNc1nc(N)c(C(=O)NCC2CCCC2C)s1. The zero-order valence-electron chi connectivity index (χ0n) is 11.5. The molecule has 2 atom stereocenters. The van der Waals surface area contributed by atoms with Gasteiger partial charge in [0.1, 0.15) is 10.7 Å². The number of nitrogens with two attached hydrogens (primary N) is 1. The number of nitrogens with one attached hydrogen (secondary N) is 2. The maximum atomic E-state index is 12.1. The number of anilines is 2. The summed E-state index contributed by atoms with van der Waals surface area (Å²) in [5, 5.41) is 6.77. The highest BCUT2D eigenvalue weighted by Crippen LogP contribution is 2.31. The first-order valence-corrected chi connectivity index (χ1v) is 7.71.